The molecule has 2 amide bonds. The topological polar surface area (TPSA) is 69.6 Å². The first-order valence-electron chi connectivity index (χ1n) is 6.39. The summed E-state index contributed by atoms with van der Waals surface area (Å²) in [5, 5.41) is 11.9. The molecule has 1 aliphatic rings. The van der Waals surface area contributed by atoms with Crippen molar-refractivity contribution in [3.8, 4) is 0 Å². The molecule has 102 valence electrons. The highest BCUT2D eigenvalue weighted by molar-refractivity contribution is 5.92. The second-order valence-corrected chi connectivity index (χ2v) is 4.82. The fourth-order valence-corrected chi connectivity index (χ4v) is 2.57. The van der Waals surface area contributed by atoms with Gasteiger partial charge in [0.25, 0.3) is 0 Å². The van der Waals surface area contributed by atoms with E-state index in [1.54, 1.807) is 19.2 Å². The summed E-state index contributed by atoms with van der Waals surface area (Å²) in [6, 6.07) is 3.56. The van der Waals surface area contributed by atoms with Crippen LogP contribution in [-0.4, -0.2) is 24.2 Å². The smallest absolute Gasteiger partial charge is 0.411 e. The highest BCUT2D eigenvalue weighted by atomic mass is 16.4. The molecule has 19 heavy (non-hydrogen) atoms. The summed E-state index contributed by atoms with van der Waals surface area (Å²) >= 11 is 0. The van der Waals surface area contributed by atoms with E-state index in [0.29, 0.717) is 0 Å². The zero-order chi connectivity index (χ0) is 14.0. The van der Waals surface area contributed by atoms with Crippen molar-refractivity contribution >= 4 is 23.4 Å². The van der Waals surface area contributed by atoms with Crippen molar-refractivity contribution in [2.24, 2.45) is 0 Å². The van der Waals surface area contributed by atoms with Gasteiger partial charge < -0.3 is 10.4 Å². The van der Waals surface area contributed by atoms with Crippen molar-refractivity contribution in [1.82, 2.24) is 0 Å². The van der Waals surface area contributed by atoms with E-state index >= 15 is 0 Å². The molecule has 1 aromatic rings. The molecular weight excluding hydrogens is 244 g/mol. The molecule has 0 saturated carbocycles. The second-order valence-electron chi connectivity index (χ2n) is 4.82. The minimum atomic E-state index is -0.972. The van der Waals surface area contributed by atoms with Gasteiger partial charge in [-0.05, 0) is 48.9 Å². The molecule has 5 nitrogen and oxygen atoms in total. The normalized spacial score (nSPS) is 13.6. The van der Waals surface area contributed by atoms with E-state index in [9.17, 15) is 9.59 Å². The van der Waals surface area contributed by atoms with E-state index in [1.807, 2.05) is 0 Å². The molecule has 0 saturated heterocycles. The van der Waals surface area contributed by atoms with Gasteiger partial charge in [-0.2, -0.15) is 0 Å². The number of hydrogen-bond donors (Lipinski definition) is 2. The largest absolute Gasteiger partial charge is 0.465 e. The lowest BCUT2D eigenvalue weighted by Crippen LogP contribution is -2.26. The van der Waals surface area contributed by atoms with Crippen molar-refractivity contribution in [1.29, 1.82) is 0 Å². The van der Waals surface area contributed by atoms with E-state index in [1.165, 1.54) is 11.8 Å². The summed E-state index contributed by atoms with van der Waals surface area (Å²) in [4.78, 5) is 23.6. The number of fused-ring (bicyclic) bond motifs is 1. The minimum absolute atomic E-state index is 0.105. The Labute approximate surface area is 112 Å². The van der Waals surface area contributed by atoms with Crippen molar-refractivity contribution in [2.45, 2.75) is 32.6 Å². The van der Waals surface area contributed by atoms with Gasteiger partial charge in [0.05, 0.1) is 5.69 Å². The Balaban J connectivity index is 2.48. The molecule has 2 N–H and O–H groups in total. The Morgan fingerprint density at radius 3 is 2.42 bits per heavy atom. The van der Waals surface area contributed by atoms with Crippen LogP contribution in [-0.2, 0) is 17.6 Å². The van der Waals surface area contributed by atoms with Crippen molar-refractivity contribution in [2.75, 3.05) is 17.3 Å². The molecule has 5 heteroatoms. The van der Waals surface area contributed by atoms with Crippen LogP contribution in [0.5, 0.6) is 0 Å². The van der Waals surface area contributed by atoms with Gasteiger partial charge in [0.1, 0.15) is 0 Å². The van der Waals surface area contributed by atoms with Crippen LogP contribution in [0.1, 0.15) is 30.9 Å². The first-order valence-corrected chi connectivity index (χ1v) is 6.39. The third-order valence-electron chi connectivity index (χ3n) is 3.47. The first kappa shape index (κ1) is 13.4. The van der Waals surface area contributed by atoms with Crippen LogP contribution in [0.15, 0.2) is 12.1 Å². The molecular formula is C14H18N2O3. The van der Waals surface area contributed by atoms with Crippen LogP contribution in [0.2, 0.25) is 0 Å². The lowest BCUT2D eigenvalue weighted by atomic mass is 9.88. The summed E-state index contributed by atoms with van der Waals surface area (Å²) < 4.78 is 0. The molecule has 1 aliphatic carbocycles. The Kier molecular flexibility index (Phi) is 3.74. The minimum Gasteiger partial charge on any atom is -0.465 e. The number of amides is 2. The van der Waals surface area contributed by atoms with Crippen LogP contribution in [0.3, 0.4) is 0 Å². The number of rotatable bonds is 2. The predicted octanol–water partition coefficient (Wildman–Crippen LogP) is 2.64. The molecule has 0 heterocycles. The van der Waals surface area contributed by atoms with Gasteiger partial charge in [0, 0.05) is 19.7 Å². The molecule has 2 rings (SSSR count). The van der Waals surface area contributed by atoms with Crippen LogP contribution < -0.4 is 10.2 Å². The fourth-order valence-electron chi connectivity index (χ4n) is 2.57. The highest BCUT2D eigenvalue weighted by Gasteiger charge is 2.21. The van der Waals surface area contributed by atoms with E-state index in [2.05, 4.69) is 5.32 Å². The summed E-state index contributed by atoms with van der Waals surface area (Å²) in [7, 11) is 1.55. The van der Waals surface area contributed by atoms with Gasteiger partial charge in [0.15, 0.2) is 0 Å². The van der Waals surface area contributed by atoms with Gasteiger partial charge >= 0.3 is 6.09 Å². The molecule has 1 aromatic carbocycles. The zero-order valence-corrected chi connectivity index (χ0v) is 11.2. The maximum Gasteiger partial charge on any atom is 0.411 e. The van der Waals surface area contributed by atoms with Crippen LogP contribution in [0.25, 0.3) is 0 Å². The number of anilines is 2. The van der Waals surface area contributed by atoms with E-state index < -0.39 is 6.09 Å². The number of carboxylic acid groups (broad SMARTS) is 1. The average molecular weight is 262 g/mol. The quantitative estimate of drug-likeness (QED) is 0.860. The van der Waals surface area contributed by atoms with Crippen molar-refractivity contribution in [3.05, 3.63) is 23.3 Å². The van der Waals surface area contributed by atoms with E-state index in [4.69, 9.17) is 5.11 Å². The van der Waals surface area contributed by atoms with Gasteiger partial charge in [-0.15, -0.1) is 0 Å². The first-order chi connectivity index (χ1) is 9.00. The van der Waals surface area contributed by atoms with E-state index in [0.717, 1.165) is 48.2 Å². The molecule has 0 unspecified atom stereocenters. The summed E-state index contributed by atoms with van der Waals surface area (Å²) in [5.41, 5.74) is 3.65. The Morgan fingerprint density at radius 1 is 1.21 bits per heavy atom. The SMILES string of the molecule is CC(=O)Nc1ccc(N(C)C(=O)O)c2c1CCCC2. The molecule has 0 aromatic heterocycles. The third-order valence-corrected chi connectivity index (χ3v) is 3.47. The third kappa shape index (κ3) is 2.70. The second kappa shape index (κ2) is 5.30. The molecule has 0 aliphatic heterocycles. The van der Waals surface area contributed by atoms with Gasteiger partial charge in [-0.1, -0.05) is 0 Å². The number of carbonyl (C=O) groups is 2. The van der Waals surface area contributed by atoms with Crippen molar-refractivity contribution in [3.63, 3.8) is 0 Å². The van der Waals surface area contributed by atoms with Crippen LogP contribution in [0.4, 0.5) is 16.2 Å². The maximum absolute atomic E-state index is 11.2. The number of nitrogens with zero attached hydrogens (tertiary/aromatic N) is 1. The molecule has 0 bridgehead atoms. The van der Waals surface area contributed by atoms with Gasteiger partial charge in [-0.25, -0.2) is 4.79 Å². The fraction of sp³-hybridized carbons (Fsp3) is 0.429. The maximum atomic E-state index is 11.2. The number of nitrogens with one attached hydrogen (secondary N) is 1. The summed E-state index contributed by atoms with van der Waals surface area (Å²) in [6.07, 6.45) is 2.89. The lowest BCUT2D eigenvalue weighted by molar-refractivity contribution is -0.114. The Bertz CT molecular complexity index is 526. The van der Waals surface area contributed by atoms with Gasteiger partial charge in [-0.3, -0.25) is 9.69 Å². The lowest BCUT2D eigenvalue weighted by Gasteiger charge is -2.25. The van der Waals surface area contributed by atoms with Crippen LogP contribution >= 0.6 is 0 Å². The molecule has 0 atom stereocenters. The standard InChI is InChI=1S/C14H18N2O3/c1-9(17)15-12-7-8-13(16(2)14(18)19)11-6-4-3-5-10(11)12/h7-8H,3-6H2,1-2H3,(H,15,17)(H,18,19). The highest BCUT2D eigenvalue weighted by Crippen LogP contribution is 2.35. The van der Waals surface area contributed by atoms with Crippen molar-refractivity contribution < 1.29 is 14.7 Å². The average Bonchev–Trinajstić information content (AvgIpc) is 2.37. The zero-order valence-electron chi connectivity index (χ0n) is 11.2. The van der Waals surface area contributed by atoms with E-state index in [-0.39, 0.29) is 5.91 Å². The summed E-state index contributed by atoms with van der Waals surface area (Å²) in [5.74, 6) is -0.105. The Hall–Kier alpha value is -2.04. The molecule has 0 spiro atoms. The van der Waals surface area contributed by atoms with Gasteiger partial charge in [0.2, 0.25) is 5.91 Å². The monoisotopic (exact) mass is 262 g/mol. The number of carbonyl (C=O) groups excluding carboxylic acids is 1. The van der Waals surface area contributed by atoms with Crippen LogP contribution in [0, 0.1) is 0 Å². The summed E-state index contributed by atoms with van der Waals surface area (Å²) in [6.45, 7) is 1.48. The molecule has 0 fully saturated rings. The number of hydrogen-bond acceptors (Lipinski definition) is 2. The predicted molar refractivity (Wildman–Crippen MR) is 73.8 cm³/mol. The Morgan fingerprint density at radius 2 is 1.84 bits per heavy atom. The molecule has 0 radical (unpaired) electrons. The number of benzene rings is 1.